The first-order valence-corrected chi connectivity index (χ1v) is 11.7. The van der Waals surface area contributed by atoms with E-state index in [1.165, 1.54) is 43.5 Å². The van der Waals surface area contributed by atoms with E-state index >= 15 is 0 Å². The van der Waals surface area contributed by atoms with Gasteiger partial charge in [-0.25, -0.2) is 0 Å². The molecule has 0 unspecified atom stereocenters. The monoisotopic (exact) mass is 482 g/mol. The summed E-state index contributed by atoms with van der Waals surface area (Å²) in [6, 6.07) is 11.5. The van der Waals surface area contributed by atoms with Gasteiger partial charge in [-0.1, -0.05) is 48.6 Å². The van der Waals surface area contributed by atoms with Crippen LogP contribution in [0.3, 0.4) is 0 Å². The van der Waals surface area contributed by atoms with Crippen molar-refractivity contribution in [1.82, 2.24) is 0 Å². The molecule has 0 aromatic heterocycles. The van der Waals surface area contributed by atoms with Crippen LogP contribution in [-0.4, -0.2) is 13.0 Å². The van der Waals surface area contributed by atoms with Crippen LogP contribution in [0.25, 0.3) is 0 Å². The molecule has 7 heteroatoms. The molecule has 0 atom stereocenters. The van der Waals surface area contributed by atoms with Crippen molar-refractivity contribution in [3.05, 3.63) is 77.4 Å². The van der Waals surface area contributed by atoms with Crippen LogP contribution in [0.15, 0.2) is 60.7 Å². The smallest absolute Gasteiger partial charge is 0.406 e. The van der Waals surface area contributed by atoms with Crippen molar-refractivity contribution in [1.29, 1.82) is 0 Å². The number of ether oxygens (including phenoxy) is 2. The van der Waals surface area contributed by atoms with Crippen molar-refractivity contribution in [3.63, 3.8) is 0 Å². The van der Waals surface area contributed by atoms with Crippen LogP contribution in [0.2, 0.25) is 0 Å². The van der Waals surface area contributed by atoms with Crippen molar-refractivity contribution in [2.24, 2.45) is 5.92 Å². The van der Waals surface area contributed by atoms with Crippen molar-refractivity contribution >= 4 is 0 Å². The van der Waals surface area contributed by atoms with Crippen LogP contribution in [0.1, 0.15) is 68.1 Å². The van der Waals surface area contributed by atoms with E-state index in [2.05, 4.69) is 16.9 Å². The van der Waals surface area contributed by atoms with Gasteiger partial charge in [0, 0.05) is 0 Å². The SMILES string of the molecule is CC=CCCC1CCC(c2ccc(C(F)(F)OCCc3ccc(OC(F)(F)F)cc3)cc2)CC1. The Labute approximate surface area is 197 Å². The summed E-state index contributed by atoms with van der Waals surface area (Å²) in [7, 11) is 0. The highest BCUT2D eigenvalue weighted by atomic mass is 19.4. The van der Waals surface area contributed by atoms with E-state index in [1.807, 2.05) is 6.92 Å². The van der Waals surface area contributed by atoms with Gasteiger partial charge in [-0.15, -0.1) is 13.2 Å². The number of rotatable bonds is 10. The van der Waals surface area contributed by atoms with Gasteiger partial charge >= 0.3 is 12.5 Å². The molecule has 0 radical (unpaired) electrons. The molecule has 1 fully saturated rings. The van der Waals surface area contributed by atoms with Gasteiger partial charge in [0.2, 0.25) is 0 Å². The second kappa shape index (κ2) is 11.8. The Morgan fingerprint density at radius 1 is 0.882 bits per heavy atom. The van der Waals surface area contributed by atoms with Gasteiger partial charge in [-0.3, -0.25) is 0 Å². The number of benzene rings is 2. The second-order valence-electron chi connectivity index (χ2n) is 8.79. The van der Waals surface area contributed by atoms with Crippen LogP contribution >= 0.6 is 0 Å². The third kappa shape index (κ3) is 8.12. The fourth-order valence-electron chi connectivity index (χ4n) is 4.47. The van der Waals surface area contributed by atoms with Crippen molar-refractivity contribution in [3.8, 4) is 5.75 Å². The van der Waals surface area contributed by atoms with Crippen molar-refractivity contribution in [2.75, 3.05) is 6.61 Å². The maximum atomic E-state index is 14.5. The lowest BCUT2D eigenvalue weighted by Crippen LogP contribution is -2.20. The number of allylic oxidation sites excluding steroid dienone is 2. The highest BCUT2D eigenvalue weighted by molar-refractivity contribution is 5.28. The van der Waals surface area contributed by atoms with Crippen LogP contribution in [0.4, 0.5) is 22.0 Å². The van der Waals surface area contributed by atoms with E-state index in [0.717, 1.165) is 42.9 Å². The Bertz CT molecular complexity index is 896. The van der Waals surface area contributed by atoms with Crippen LogP contribution < -0.4 is 4.74 Å². The molecule has 1 saturated carbocycles. The lowest BCUT2D eigenvalue weighted by molar-refractivity contribution is -0.274. The van der Waals surface area contributed by atoms with Gasteiger partial charge in [0.15, 0.2) is 0 Å². The predicted octanol–water partition coefficient (Wildman–Crippen LogP) is 8.52. The summed E-state index contributed by atoms with van der Waals surface area (Å²) in [5.41, 5.74) is 1.46. The van der Waals surface area contributed by atoms with Crippen molar-refractivity contribution < 1.29 is 31.4 Å². The van der Waals surface area contributed by atoms with E-state index in [0.29, 0.717) is 11.5 Å². The molecule has 3 rings (SSSR count). The fourth-order valence-corrected chi connectivity index (χ4v) is 4.47. The lowest BCUT2D eigenvalue weighted by atomic mass is 9.77. The average molecular weight is 483 g/mol. The standard InChI is InChI=1S/C27H31F5O2/c1-2-3-4-5-20-6-10-22(11-7-20)23-12-14-24(15-13-23)26(28,29)33-19-18-21-8-16-25(17-9-21)34-27(30,31)32/h2-3,8-9,12-17,20,22H,4-7,10-11,18-19H2,1H3. The summed E-state index contributed by atoms with van der Waals surface area (Å²) in [4.78, 5) is 0. The minimum Gasteiger partial charge on any atom is -0.406 e. The van der Waals surface area contributed by atoms with Crippen LogP contribution in [0, 0.1) is 5.92 Å². The van der Waals surface area contributed by atoms with E-state index in [4.69, 9.17) is 4.74 Å². The molecule has 0 saturated heterocycles. The molecule has 1 aliphatic rings. The van der Waals surface area contributed by atoms with Gasteiger partial charge in [0.1, 0.15) is 5.75 Å². The summed E-state index contributed by atoms with van der Waals surface area (Å²) in [5, 5.41) is 0. The molecule has 0 spiro atoms. The molecule has 186 valence electrons. The average Bonchev–Trinajstić information content (AvgIpc) is 2.80. The highest BCUT2D eigenvalue weighted by Gasteiger charge is 2.33. The molecule has 0 bridgehead atoms. The number of halogens is 5. The molecular weight excluding hydrogens is 451 g/mol. The second-order valence-corrected chi connectivity index (χ2v) is 8.79. The minimum atomic E-state index is -4.77. The Hall–Kier alpha value is -2.41. The topological polar surface area (TPSA) is 18.5 Å². The van der Waals surface area contributed by atoms with Gasteiger partial charge < -0.3 is 9.47 Å². The van der Waals surface area contributed by atoms with Crippen molar-refractivity contribution in [2.45, 2.75) is 70.3 Å². The molecule has 34 heavy (non-hydrogen) atoms. The van der Waals surface area contributed by atoms with E-state index in [9.17, 15) is 22.0 Å². The third-order valence-electron chi connectivity index (χ3n) is 6.37. The Balaban J connectivity index is 1.46. The first-order valence-electron chi connectivity index (χ1n) is 11.7. The zero-order valence-corrected chi connectivity index (χ0v) is 19.3. The summed E-state index contributed by atoms with van der Waals surface area (Å²) in [6.07, 6.45) is 3.06. The summed E-state index contributed by atoms with van der Waals surface area (Å²) >= 11 is 0. The zero-order valence-electron chi connectivity index (χ0n) is 19.3. The highest BCUT2D eigenvalue weighted by Crippen LogP contribution is 2.38. The largest absolute Gasteiger partial charge is 0.573 e. The number of hydrogen-bond acceptors (Lipinski definition) is 2. The summed E-state index contributed by atoms with van der Waals surface area (Å²) < 4.78 is 74.3. The maximum absolute atomic E-state index is 14.5. The first kappa shape index (κ1) is 26.2. The normalized spacial score (nSPS) is 19.5. The lowest BCUT2D eigenvalue weighted by Gasteiger charge is -2.29. The maximum Gasteiger partial charge on any atom is 0.573 e. The minimum absolute atomic E-state index is 0.136. The molecule has 2 aromatic rings. The fraction of sp³-hybridized carbons (Fsp3) is 0.481. The molecular formula is C27H31F5O2. The Kier molecular flexibility index (Phi) is 9.11. The molecule has 1 aliphatic carbocycles. The number of hydrogen-bond donors (Lipinski definition) is 0. The molecule has 0 aliphatic heterocycles. The summed E-state index contributed by atoms with van der Waals surface area (Å²) in [5.74, 6) is 0.799. The predicted molar refractivity (Wildman–Crippen MR) is 122 cm³/mol. The van der Waals surface area contributed by atoms with E-state index < -0.39 is 12.5 Å². The molecule has 0 heterocycles. The van der Waals surface area contributed by atoms with Gasteiger partial charge in [0.05, 0.1) is 12.2 Å². The van der Waals surface area contributed by atoms with Gasteiger partial charge in [-0.05, 0) is 87.0 Å². The zero-order chi connectivity index (χ0) is 24.6. The van der Waals surface area contributed by atoms with Gasteiger partial charge in [0.25, 0.3) is 0 Å². The first-order chi connectivity index (χ1) is 16.2. The Morgan fingerprint density at radius 2 is 1.53 bits per heavy atom. The Morgan fingerprint density at radius 3 is 2.12 bits per heavy atom. The number of alkyl halides is 5. The van der Waals surface area contributed by atoms with E-state index in [1.54, 1.807) is 12.1 Å². The van der Waals surface area contributed by atoms with Crippen LogP contribution in [-0.2, 0) is 17.3 Å². The molecule has 2 nitrogen and oxygen atoms in total. The molecule has 0 N–H and O–H groups in total. The quantitative estimate of drug-likeness (QED) is 0.250. The summed E-state index contributed by atoms with van der Waals surface area (Å²) in [6.45, 7) is 1.76. The van der Waals surface area contributed by atoms with Gasteiger partial charge in [-0.2, -0.15) is 8.78 Å². The van der Waals surface area contributed by atoms with Crippen LogP contribution in [0.5, 0.6) is 5.75 Å². The molecule has 0 amide bonds. The third-order valence-corrected chi connectivity index (χ3v) is 6.37. The molecule has 2 aromatic carbocycles. The van der Waals surface area contributed by atoms with E-state index in [-0.39, 0.29) is 24.3 Å².